The normalized spacial score (nSPS) is 11.4. The Morgan fingerprint density at radius 3 is 1.89 bits per heavy atom. The number of amides is 5. The molecule has 65 heavy (non-hydrogen) atoms. The average molecular weight is 886 g/mol. The van der Waals surface area contributed by atoms with Crippen molar-refractivity contribution in [3.8, 4) is 28.7 Å². The molecule has 0 radical (unpaired) electrons. The maximum absolute atomic E-state index is 13.6. The highest BCUT2D eigenvalue weighted by atomic mass is 16.5. The molecule has 10 N–H and O–H groups in total. The number of phenolic OH excluding ortho intramolecular Hbond substituents is 2. The largest absolute Gasteiger partial charge is 0.508 e. The van der Waals surface area contributed by atoms with Gasteiger partial charge in [-0.25, -0.2) is 9.78 Å². The topological polar surface area (TPSA) is 316 Å². The minimum absolute atomic E-state index is 0.0143. The summed E-state index contributed by atoms with van der Waals surface area (Å²) in [6, 6.07) is 18.4. The second-order valence-corrected chi connectivity index (χ2v) is 13.9. The van der Waals surface area contributed by atoms with E-state index in [0.29, 0.717) is 22.5 Å². The van der Waals surface area contributed by atoms with Crippen molar-refractivity contribution in [3.63, 3.8) is 0 Å². The number of aromatic nitrogens is 4. The van der Waals surface area contributed by atoms with Crippen LogP contribution < -0.4 is 36.1 Å². The van der Waals surface area contributed by atoms with Gasteiger partial charge in [0.15, 0.2) is 23.0 Å². The second kappa shape index (κ2) is 20.1. The standard InChI is InChI=1S/C44H39N9O12/c1-22(18-23-4-11-28(54)12-5-23)39(57)48-26-10-15-33(45-20-26)42(60)51-34(19-27-21-46-53-52-27)43(61)47-25-8-6-24(7-9-25)40(58)49-31-16-13-29(35(55)37(31)64-2)41(59)50-32-17-14-30(44(62)63)36(56)38(32)65-3/h4-18,20-21,34,54-56H,19H2,1-3H3,(H,47,61)(H,48,57)(H,49,58)(H,50,59)(H,51,60)(H,62,63)(H,46,52,53)/b22-18+/t34-/m0/s1. The molecular formula is C44H39N9O12. The number of nitrogens with one attached hydrogen (secondary N) is 6. The first kappa shape index (κ1) is 45.3. The molecule has 0 aliphatic rings. The van der Waals surface area contributed by atoms with Crippen LogP contribution in [0.3, 0.4) is 0 Å². The third-order valence-corrected chi connectivity index (χ3v) is 9.45. The quantitative estimate of drug-likeness (QED) is 0.0596. The second-order valence-electron chi connectivity index (χ2n) is 13.9. The smallest absolute Gasteiger partial charge is 0.339 e. The highest BCUT2D eigenvalue weighted by Gasteiger charge is 2.26. The van der Waals surface area contributed by atoms with Crippen molar-refractivity contribution in [3.05, 3.63) is 137 Å². The van der Waals surface area contributed by atoms with Gasteiger partial charge in [-0.15, -0.1) is 0 Å². The number of nitrogens with zero attached hydrogens (tertiary/aromatic N) is 3. The van der Waals surface area contributed by atoms with Gasteiger partial charge in [-0.2, -0.15) is 15.4 Å². The Morgan fingerprint density at radius 1 is 0.692 bits per heavy atom. The van der Waals surface area contributed by atoms with Crippen LogP contribution in [0.2, 0.25) is 0 Å². The third-order valence-electron chi connectivity index (χ3n) is 9.45. The Balaban J connectivity index is 1.08. The summed E-state index contributed by atoms with van der Waals surface area (Å²) in [4.78, 5) is 81.6. The molecule has 0 saturated carbocycles. The van der Waals surface area contributed by atoms with E-state index >= 15 is 0 Å². The van der Waals surface area contributed by atoms with Gasteiger partial charge in [-0.05, 0) is 91.4 Å². The fourth-order valence-electron chi connectivity index (χ4n) is 6.12. The van der Waals surface area contributed by atoms with Gasteiger partial charge < -0.3 is 56.5 Å². The number of benzene rings is 4. The molecule has 0 spiro atoms. The Morgan fingerprint density at radius 2 is 1.31 bits per heavy atom. The van der Waals surface area contributed by atoms with Crippen LogP contribution in [0.5, 0.6) is 28.7 Å². The van der Waals surface area contributed by atoms with Gasteiger partial charge in [0, 0.05) is 23.2 Å². The van der Waals surface area contributed by atoms with Gasteiger partial charge in [0.2, 0.25) is 5.91 Å². The summed E-state index contributed by atoms with van der Waals surface area (Å²) in [5, 5.41) is 63.3. The molecular weight excluding hydrogens is 847 g/mol. The highest BCUT2D eigenvalue weighted by Crippen LogP contribution is 2.40. The molecule has 1 atom stereocenters. The van der Waals surface area contributed by atoms with E-state index in [-0.39, 0.29) is 57.6 Å². The number of phenols is 3. The van der Waals surface area contributed by atoms with Crippen LogP contribution in [-0.4, -0.2) is 96.6 Å². The number of pyridine rings is 1. The molecule has 2 heterocycles. The van der Waals surface area contributed by atoms with E-state index in [2.05, 4.69) is 47.0 Å². The molecule has 0 saturated heterocycles. The minimum atomic E-state index is -1.43. The number of ether oxygens (including phenoxy) is 2. The predicted molar refractivity (Wildman–Crippen MR) is 233 cm³/mol. The minimum Gasteiger partial charge on any atom is -0.508 e. The van der Waals surface area contributed by atoms with Crippen LogP contribution in [0, 0.1) is 0 Å². The number of anilines is 4. The van der Waals surface area contributed by atoms with Crippen molar-refractivity contribution in [2.24, 2.45) is 0 Å². The number of aromatic hydroxyl groups is 3. The number of methoxy groups -OCH3 is 2. The van der Waals surface area contributed by atoms with Crippen LogP contribution >= 0.6 is 0 Å². The zero-order valence-electron chi connectivity index (χ0n) is 34.5. The summed E-state index contributed by atoms with van der Waals surface area (Å²) in [5.74, 6) is -6.61. The molecule has 4 aromatic carbocycles. The van der Waals surface area contributed by atoms with Crippen molar-refractivity contribution in [2.75, 3.05) is 35.5 Å². The first-order valence-corrected chi connectivity index (χ1v) is 19.1. The maximum atomic E-state index is 13.6. The van der Waals surface area contributed by atoms with Gasteiger partial charge in [0.25, 0.3) is 23.6 Å². The fraction of sp³-hybridized carbons (Fsp3) is 0.114. The van der Waals surface area contributed by atoms with E-state index in [0.717, 1.165) is 13.2 Å². The summed E-state index contributed by atoms with van der Waals surface area (Å²) in [6.07, 6.45) is 4.25. The SMILES string of the molecule is COc1c(NC(=O)c2ccc(NC(=O)c3ccc(NC(=O)[C@H](Cc4cn[nH]n4)NC(=O)c4ccc(NC(=O)/C(C)=C/c5ccc(O)cc5)cn4)cc3)c(OC)c2O)ccc(C(=O)O)c1O. The van der Waals surface area contributed by atoms with Crippen molar-refractivity contribution >= 4 is 64.3 Å². The first-order chi connectivity index (χ1) is 31.1. The maximum Gasteiger partial charge on any atom is 0.339 e. The molecule has 5 amide bonds. The Labute approximate surface area is 368 Å². The van der Waals surface area contributed by atoms with Crippen molar-refractivity contribution in [1.29, 1.82) is 0 Å². The summed E-state index contributed by atoms with van der Waals surface area (Å²) in [7, 11) is 2.36. The first-order valence-electron chi connectivity index (χ1n) is 19.1. The molecule has 0 aliphatic heterocycles. The molecule has 21 nitrogen and oxygen atoms in total. The zero-order valence-corrected chi connectivity index (χ0v) is 34.5. The number of hydrogen-bond acceptors (Lipinski definition) is 14. The van der Waals surface area contributed by atoms with E-state index < -0.39 is 58.6 Å². The number of aromatic carboxylic acids is 1. The van der Waals surface area contributed by atoms with Crippen molar-refractivity contribution < 1.29 is 58.7 Å². The number of hydrogen-bond donors (Lipinski definition) is 10. The predicted octanol–water partition coefficient (Wildman–Crippen LogP) is 4.56. The van der Waals surface area contributed by atoms with Crippen LogP contribution in [0.25, 0.3) is 6.08 Å². The molecule has 21 heteroatoms. The van der Waals surface area contributed by atoms with Gasteiger partial charge in [-0.3, -0.25) is 24.0 Å². The van der Waals surface area contributed by atoms with Crippen LogP contribution in [0.15, 0.2) is 103 Å². The number of carboxylic acid groups (broad SMARTS) is 1. The number of carboxylic acids is 1. The summed E-state index contributed by atoms with van der Waals surface area (Å²) in [6.45, 7) is 1.62. The van der Waals surface area contributed by atoms with Gasteiger partial charge >= 0.3 is 5.97 Å². The van der Waals surface area contributed by atoms with Gasteiger partial charge in [0.1, 0.15) is 23.0 Å². The van der Waals surface area contributed by atoms with E-state index in [1.165, 1.54) is 86.2 Å². The number of rotatable bonds is 16. The summed E-state index contributed by atoms with van der Waals surface area (Å²) >= 11 is 0. The molecule has 332 valence electrons. The molecule has 0 unspecified atom stereocenters. The monoisotopic (exact) mass is 885 g/mol. The molecule has 0 fully saturated rings. The Hall–Kier alpha value is -9.27. The van der Waals surface area contributed by atoms with Crippen LogP contribution in [0.4, 0.5) is 22.7 Å². The Kier molecular flexibility index (Phi) is 14.0. The van der Waals surface area contributed by atoms with Crippen LogP contribution in [-0.2, 0) is 16.0 Å². The molecule has 2 aromatic heterocycles. The van der Waals surface area contributed by atoms with Crippen molar-refractivity contribution in [2.45, 2.75) is 19.4 Å². The fourth-order valence-corrected chi connectivity index (χ4v) is 6.12. The highest BCUT2D eigenvalue weighted by molar-refractivity contribution is 6.11. The summed E-state index contributed by atoms with van der Waals surface area (Å²) in [5.41, 5.74) is 1.20. The van der Waals surface area contributed by atoms with Crippen LogP contribution in [0.1, 0.15) is 59.7 Å². The number of carbonyl (C=O) groups is 6. The number of carbonyl (C=O) groups excluding carboxylic acids is 5. The lowest BCUT2D eigenvalue weighted by atomic mass is 10.1. The van der Waals surface area contributed by atoms with Crippen molar-refractivity contribution in [1.82, 2.24) is 25.7 Å². The number of H-pyrrole nitrogens is 1. The van der Waals surface area contributed by atoms with Gasteiger partial charge in [0.05, 0.1) is 54.9 Å². The summed E-state index contributed by atoms with van der Waals surface area (Å²) < 4.78 is 10.4. The lowest BCUT2D eigenvalue weighted by Gasteiger charge is -2.18. The van der Waals surface area contributed by atoms with E-state index in [1.807, 2.05) is 0 Å². The van der Waals surface area contributed by atoms with E-state index in [9.17, 15) is 49.2 Å². The lowest BCUT2D eigenvalue weighted by molar-refractivity contribution is -0.118. The number of aromatic amines is 1. The average Bonchev–Trinajstić information content (AvgIpc) is 3.80. The molecule has 6 rings (SSSR count). The van der Waals surface area contributed by atoms with E-state index in [4.69, 9.17) is 9.47 Å². The molecule has 0 aliphatic carbocycles. The molecule has 0 bridgehead atoms. The lowest BCUT2D eigenvalue weighted by Crippen LogP contribution is -2.45. The molecule has 6 aromatic rings. The Bertz CT molecular complexity index is 2790. The van der Waals surface area contributed by atoms with E-state index in [1.54, 1.807) is 25.1 Å². The zero-order chi connectivity index (χ0) is 46.8. The van der Waals surface area contributed by atoms with Gasteiger partial charge in [-0.1, -0.05) is 12.1 Å². The third kappa shape index (κ3) is 11.0.